The maximum Gasteiger partial charge on any atom is 0.256 e. The van der Waals surface area contributed by atoms with Crippen molar-refractivity contribution < 1.29 is 9.53 Å². The van der Waals surface area contributed by atoms with Gasteiger partial charge in [-0.25, -0.2) is 0 Å². The molecule has 1 aromatic heterocycles. The monoisotopic (exact) mass is 384 g/mol. The van der Waals surface area contributed by atoms with Gasteiger partial charge in [0.15, 0.2) is 0 Å². The Morgan fingerprint density at radius 3 is 2.41 bits per heavy atom. The van der Waals surface area contributed by atoms with Crippen molar-refractivity contribution >= 4 is 16.8 Å². The molecule has 4 heteroatoms. The van der Waals surface area contributed by atoms with E-state index in [2.05, 4.69) is 22.8 Å². The molecule has 1 amide bonds. The van der Waals surface area contributed by atoms with Gasteiger partial charge in [0.05, 0.1) is 12.7 Å². The number of hydrogen-bond acceptors (Lipinski definition) is 2. The number of nitrogens with zero attached hydrogens (tertiary/aromatic N) is 2. The van der Waals surface area contributed by atoms with Crippen LogP contribution in [0.15, 0.2) is 85.1 Å². The second-order valence-corrected chi connectivity index (χ2v) is 7.15. The summed E-state index contributed by atoms with van der Waals surface area (Å²) in [6.07, 6.45) is 1.97. The molecule has 146 valence electrons. The molecule has 0 aliphatic rings. The summed E-state index contributed by atoms with van der Waals surface area (Å²) in [4.78, 5) is 15.0. The Morgan fingerprint density at radius 2 is 1.62 bits per heavy atom. The molecule has 0 bridgehead atoms. The molecule has 3 aromatic carbocycles. The van der Waals surface area contributed by atoms with Crippen molar-refractivity contribution in [3.05, 3.63) is 102 Å². The van der Waals surface area contributed by atoms with Crippen LogP contribution in [0.5, 0.6) is 5.75 Å². The maximum atomic E-state index is 13.3. The Balaban J connectivity index is 1.65. The minimum absolute atomic E-state index is 0.00100. The molecule has 0 atom stereocenters. The lowest BCUT2D eigenvalue weighted by Crippen LogP contribution is -2.26. The summed E-state index contributed by atoms with van der Waals surface area (Å²) in [5, 5.41) is 0.973. The van der Waals surface area contributed by atoms with E-state index < -0.39 is 0 Å². The quantitative estimate of drug-likeness (QED) is 0.470. The lowest BCUT2D eigenvalue weighted by molar-refractivity contribution is 0.0786. The summed E-state index contributed by atoms with van der Waals surface area (Å²) in [7, 11) is 3.48. The summed E-state index contributed by atoms with van der Waals surface area (Å²) >= 11 is 0. The number of hydrogen-bond donors (Lipinski definition) is 0. The number of amides is 1. The molecule has 0 saturated carbocycles. The van der Waals surface area contributed by atoms with E-state index in [9.17, 15) is 4.79 Å². The first-order chi connectivity index (χ1) is 14.2. The molecule has 0 radical (unpaired) electrons. The van der Waals surface area contributed by atoms with Crippen LogP contribution in [0.3, 0.4) is 0 Å². The SMILES string of the molecule is COc1ccccc1CN(C)C(=O)c1cn(Cc2ccccc2)c2ccccc12. The number of methoxy groups -OCH3 is 1. The first-order valence-corrected chi connectivity index (χ1v) is 9.66. The predicted molar refractivity (Wildman–Crippen MR) is 116 cm³/mol. The lowest BCUT2D eigenvalue weighted by atomic mass is 10.1. The Kier molecular flexibility index (Phi) is 5.34. The summed E-state index contributed by atoms with van der Waals surface area (Å²) < 4.78 is 7.58. The summed E-state index contributed by atoms with van der Waals surface area (Å²) in [6, 6.07) is 26.2. The molecule has 0 unspecified atom stereocenters. The van der Waals surface area contributed by atoms with Gasteiger partial charge < -0.3 is 14.2 Å². The molecule has 0 saturated heterocycles. The van der Waals surface area contributed by atoms with Gasteiger partial charge in [-0.05, 0) is 17.7 Å². The minimum Gasteiger partial charge on any atom is -0.496 e. The van der Waals surface area contributed by atoms with E-state index in [-0.39, 0.29) is 5.91 Å². The van der Waals surface area contributed by atoms with Crippen LogP contribution in [0.25, 0.3) is 10.9 Å². The van der Waals surface area contributed by atoms with Gasteiger partial charge in [-0.15, -0.1) is 0 Å². The van der Waals surface area contributed by atoms with Crippen LogP contribution in [0.2, 0.25) is 0 Å². The zero-order valence-corrected chi connectivity index (χ0v) is 16.7. The van der Waals surface area contributed by atoms with Gasteiger partial charge in [-0.2, -0.15) is 0 Å². The van der Waals surface area contributed by atoms with Crippen molar-refractivity contribution in [2.45, 2.75) is 13.1 Å². The number of para-hydroxylation sites is 2. The van der Waals surface area contributed by atoms with E-state index in [0.717, 1.165) is 28.8 Å². The topological polar surface area (TPSA) is 34.5 Å². The van der Waals surface area contributed by atoms with Gasteiger partial charge in [-0.3, -0.25) is 4.79 Å². The molecule has 4 rings (SSSR count). The van der Waals surface area contributed by atoms with Crippen LogP contribution in [-0.4, -0.2) is 29.5 Å². The fourth-order valence-corrected chi connectivity index (χ4v) is 3.69. The van der Waals surface area contributed by atoms with Crippen LogP contribution in [-0.2, 0) is 13.1 Å². The molecule has 0 fully saturated rings. The van der Waals surface area contributed by atoms with Crippen LogP contribution in [0.1, 0.15) is 21.5 Å². The summed E-state index contributed by atoms with van der Waals surface area (Å²) in [5.41, 5.74) is 3.97. The average molecular weight is 384 g/mol. The number of aromatic nitrogens is 1. The zero-order chi connectivity index (χ0) is 20.2. The summed E-state index contributed by atoms with van der Waals surface area (Å²) in [5.74, 6) is 0.789. The van der Waals surface area contributed by atoms with Crippen molar-refractivity contribution in [3.63, 3.8) is 0 Å². The van der Waals surface area contributed by atoms with Crippen LogP contribution >= 0.6 is 0 Å². The molecule has 4 aromatic rings. The molecule has 0 N–H and O–H groups in total. The first kappa shape index (κ1) is 18.8. The highest BCUT2D eigenvalue weighted by molar-refractivity contribution is 6.06. The normalized spacial score (nSPS) is 10.8. The highest BCUT2D eigenvalue weighted by Crippen LogP contribution is 2.25. The van der Waals surface area contributed by atoms with E-state index in [1.165, 1.54) is 5.56 Å². The van der Waals surface area contributed by atoms with Gasteiger partial charge in [0.2, 0.25) is 0 Å². The van der Waals surface area contributed by atoms with Crippen molar-refractivity contribution in [1.29, 1.82) is 0 Å². The largest absolute Gasteiger partial charge is 0.496 e. The standard InChI is InChI=1S/C25H24N2O2/c1-26(17-20-12-6-9-15-24(20)29-2)25(28)22-18-27(16-19-10-4-3-5-11-19)23-14-8-7-13-21(22)23/h3-15,18H,16-17H2,1-2H3. The minimum atomic E-state index is -0.00100. The van der Waals surface area contributed by atoms with Crippen LogP contribution < -0.4 is 4.74 Å². The predicted octanol–water partition coefficient (Wildman–Crippen LogP) is 4.97. The third-order valence-electron chi connectivity index (χ3n) is 5.16. The van der Waals surface area contributed by atoms with Gasteiger partial charge in [0, 0.05) is 42.8 Å². The fourth-order valence-electron chi connectivity index (χ4n) is 3.69. The number of carbonyl (C=O) groups excluding carboxylic acids is 1. The van der Waals surface area contributed by atoms with Gasteiger partial charge >= 0.3 is 0 Å². The van der Waals surface area contributed by atoms with E-state index in [1.807, 2.05) is 73.9 Å². The molecule has 0 aliphatic heterocycles. The third kappa shape index (κ3) is 3.87. The fraction of sp³-hybridized carbons (Fsp3) is 0.160. The lowest BCUT2D eigenvalue weighted by Gasteiger charge is -2.18. The van der Waals surface area contributed by atoms with E-state index in [4.69, 9.17) is 4.74 Å². The summed E-state index contributed by atoms with van der Waals surface area (Å²) in [6.45, 7) is 1.21. The van der Waals surface area contributed by atoms with Crippen molar-refractivity contribution in [3.8, 4) is 5.75 Å². The maximum absolute atomic E-state index is 13.3. The number of carbonyl (C=O) groups is 1. The average Bonchev–Trinajstić information content (AvgIpc) is 3.12. The van der Waals surface area contributed by atoms with Crippen molar-refractivity contribution in [2.75, 3.05) is 14.2 Å². The van der Waals surface area contributed by atoms with E-state index >= 15 is 0 Å². The van der Waals surface area contributed by atoms with Crippen LogP contribution in [0, 0.1) is 0 Å². The zero-order valence-electron chi connectivity index (χ0n) is 16.7. The van der Waals surface area contributed by atoms with Gasteiger partial charge in [0.25, 0.3) is 5.91 Å². The second-order valence-electron chi connectivity index (χ2n) is 7.15. The number of ether oxygens (including phenoxy) is 1. The Hall–Kier alpha value is -3.53. The molecule has 0 spiro atoms. The van der Waals surface area contributed by atoms with Crippen LogP contribution in [0.4, 0.5) is 0 Å². The second kappa shape index (κ2) is 8.23. The molecular weight excluding hydrogens is 360 g/mol. The molecule has 1 heterocycles. The Morgan fingerprint density at radius 1 is 0.931 bits per heavy atom. The Labute approximate surface area is 171 Å². The van der Waals surface area contributed by atoms with E-state index in [0.29, 0.717) is 12.1 Å². The van der Waals surface area contributed by atoms with Crippen molar-refractivity contribution in [2.24, 2.45) is 0 Å². The number of rotatable bonds is 6. The molecular formula is C25H24N2O2. The molecule has 29 heavy (non-hydrogen) atoms. The van der Waals surface area contributed by atoms with E-state index in [1.54, 1.807) is 12.0 Å². The highest BCUT2D eigenvalue weighted by Gasteiger charge is 2.19. The molecule has 0 aliphatic carbocycles. The van der Waals surface area contributed by atoms with Gasteiger partial charge in [0.1, 0.15) is 5.75 Å². The van der Waals surface area contributed by atoms with Crippen molar-refractivity contribution in [1.82, 2.24) is 9.47 Å². The third-order valence-corrected chi connectivity index (χ3v) is 5.16. The smallest absolute Gasteiger partial charge is 0.256 e. The van der Waals surface area contributed by atoms with Gasteiger partial charge in [-0.1, -0.05) is 66.7 Å². The highest BCUT2D eigenvalue weighted by atomic mass is 16.5. The number of benzene rings is 3. The molecule has 4 nitrogen and oxygen atoms in total. The Bertz CT molecular complexity index is 1130. The first-order valence-electron chi connectivity index (χ1n) is 9.66. The number of fused-ring (bicyclic) bond motifs is 1.